The van der Waals surface area contributed by atoms with E-state index in [-0.39, 0.29) is 0 Å². The zero-order chi connectivity index (χ0) is 12.8. The first-order valence-corrected chi connectivity index (χ1v) is 7.89. The molecule has 0 aromatic carbocycles. The van der Waals surface area contributed by atoms with Crippen molar-refractivity contribution in [3.8, 4) is 0 Å². The highest BCUT2D eigenvalue weighted by Gasteiger charge is 2.24. The third kappa shape index (κ3) is 4.04. The van der Waals surface area contributed by atoms with Crippen LogP contribution in [0.15, 0.2) is 5.38 Å². The Balaban J connectivity index is 1.94. The number of aromatic nitrogens is 1. The average Bonchev–Trinajstić information content (AvgIpc) is 2.81. The molecule has 3 nitrogen and oxygen atoms in total. The summed E-state index contributed by atoms with van der Waals surface area (Å²) in [5, 5.41) is 7.04. The van der Waals surface area contributed by atoms with Crippen LogP contribution in [-0.4, -0.2) is 30.8 Å². The molecule has 1 aliphatic rings. The van der Waals surface area contributed by atoms with Gasteiger partial charge in [-0.2, -0.15) is 0 Å². The lowest BCUT2D eigenvalue weighted by Crippen LogP contribution is -2.42. The number of nitrogens with zero attached hydrogens (tertiary/aromatic N) is 1. The van der Waals surface area contributed by atoms with E-state index in [1.807, 2.05) is 0 Å². The summed E-state index contributed by atoms with van der Waals surface area (Å²) in [5.41, 5.74) is 1.23. The summed E-state index contributed by atoms with van der Waals surface area (Å²) >= 11 is 1.75. The number of thiazole rings is 1. The van der Waals surface area contributed by atoms with Crippen LogP contribution in [0.25, 0.3) is 0 Å². The van der Waals surface area contributed by atoms with Crippen molar-refractivity contribution in [3.63, 3.8) is 0 Å². The second-order valence-corrected chi connectivity index (χ2v) is 6.16. The van der Waals surface area contributed by atoms with Gasteiger partial charge in [-0.3, -0.25) is 0 Å². The van der Waals surface area contributed by atoms with E-state index in [0.717, 1.165) is 26.2 Å². The van der Waals surface area contributed by atoms with Crippen molar-refractivity contribution >= 4 is 11.3 Å². The van der Waals surface area contributed by atoms with Crippen LogP contribution in [0.4, 0.5) is 0 Å². The molecule has 102 valence electrons. The monoisotopic (exact) mass is 268 g/mol. The highest BCUT2D eigenvalue weighted by atomic mass is 32.1. The molecule has 2 atom stereocenters. The molecule has 4 heteroatoms. The minimum Gasteiger partial charge on any atom is -0.381 e. The molecule has 1 aromatic rings. The zero-order valence-corrected chi connectivity index (χ0v) is 12.3. The number of aryl methyl sites for hydroxylation is 1. The molecule has 2 rings (SSSR count). The lowest BCUT2D eigenvalue weighted by Gasteiger charge is -2.30. The van der Waals surface area contributed by atoms with Crippen molar-refractivity contribution in [1.82, 2.24) is 10.3 Å². The van der Waals surface area contributed by atoms with E-state index in [1.54, 1.807) is 11.3 Å². The highest BCUT2D eigenvalue weighted by Crippen LogP contribution is 2.21. The maximum atomic E-state index is 5.63. The lowest BCUT2D eigenvalue weighted by molar-refractivity contribution is 0.0392. The van der Waals surface area contributed by atoms with Gasteiger partial charge in [-0.1, -0.05) is 6.92 Å². The van der Waals surface area contributed by atoms with Crippen molar-refractivity contribution in [1.29, 1.82) is 0 Å². The van der Waals surface area contributed by atoms with Gasteiger partial charge in [-0.15, -0.1) is 11.3 Å². The third-order valence-corrected chi connectivity index (χ3v) is 4.34. The van der Waals surface area contributed by atoms with E-state index in [0.29, 0.717) is 12.0 Å². The van der Waals surface area contributed by atoms with Crippen LogP contribution >= 0.6 is 11.3 Å². The minimum absolute atomic E-state index is 0.520. The molecule has 18 heavy (non-hydrogen) atoms. The molecule has 0 radical (unpaired) electrons. The van der Waals surface area contributed by atoms with Crippen molar-refractivity contribution in [3.05, 3.63) is 16.1 Å². The Morgan fingerprint density at radius 1 is 1.61 bits per heavy atom. The Hall–Kier alpha value is -0.450. The fraction of sp³-hybridized carbons (Fsp3) is 0.786. The molecule has 1 aromatic heterocycles. The molecule has 1 aliphatic heterocycles. The van der Waals surface area contributed by atoms with E-state index in [4.69, 9.17) is 4.74 Å². The Morgan fingerprint density at radius 2 is 2.50 bits per heavy atom. The Morgan fingerprint density at radius 3 is 3.11 bits per heavy atom. The Labute approximate surface area is 114 Å². The van der Waals surface area contributed by atoms with Gasteiger partial charge in [0.05, 0.1) is 17.3 Å². The summed E-state index contributed by atoms with van der Waals surface area (Å²) in [6, 6.07) is 0.520. The van der Waals surface area contributed by atoms with E-state index in [9.17, 15) is 0 Å². The highest BCUT2D eigenvalue weighted by molar-refractivity contribution is 7.09. The maximum absolute atomic E-state index is 5.63. The summed E-state index contributed by atoms with van der Waals surface area (Å²) in [6.07, 6.45) is 4.70. The molecular weight excluding hydrogens is 244 g/mol. The molecule has 0 spiro atoms. The van der Waals surface area contributed by atoms with Gasteiger partial charge in [0.2, 0.25) is 0 Å². The lowest BCUT2D eigenvalue weighted by atomic mass is 9.90. The first kappa shape index (κ1) is 14.0. The first-order chi connectivity index (χ1) is 8.79. The van der Waals surface area contributed by atoms with Gasteiger partial charge in [0.15, 0.2) is 0 Å². The fourth-order valence-corrected chi connectivity index (χ4v) is 3.17. The number of ether oxygens (including phenoxy) is 1. The summed E-state index contributed by atoms with van der Waals surface area (Å²) in [5.74, 6) is 0.646. The second-order valence-electron chi connectivity index (χ2n) is 5.10. The molecule has 1 fully saturated rings. The van der Waals surface area contributed by atoms with Crippen molar-refractivity contribution in [2.75, 3.05) is 19.8 Å². The summed E-state index contributed by atoms with van der Waals surface area (Å²) in [4.78, 5) is 4.59. The molecule has 1 N–H and O–H groups in total. The standard InChI is InChI=1S/C14H24N2OS/c1-3-6-15-14(12-5-4-7-17-9-12)8-13-10-18-11(2)16-13/h10,12,14-15H,3-9H2,1-2H3. The molecular formula is C14H24N2OS. The van der Waals surface area contributed by atoms with Gasteiger partial charge in [-0.05, 0) is 38.6 Å². The van der Waals surface area contributed by atoms with Crippen molar-refractivity contribution in [2.45, 2.75) is 45.6 Å². The zero-order valence-electron chi connectivity index (χ0n) is 11.4. The van der Waals surface area contributed by atoms with Gasteiger partial charge in [0.25, 0.3) is 0 Å². The largest absolute Gasteiger partial charge is 0.381 e. The van der Waals surface area contributed by atoms with E-state index in [2.05, 4.69) is 29.5 Å². The van der Waals surface area contributed by atoms with Crippen LogP contribution in [0.3, 0.4) is 0 Å². The van der Waals surface area contributed by atoms with Crippen molar-refractivity contribution in [2.24, 2.45) is 5.92 Å². The molecule has 0 amide bonds. The minimum atomic E-state index is 0.520. The maximum Gasteiger partial charge on any atom is 0.0897 e. The Bertz CT molecular complexity index is 347. The smallest absolute Gasteiger partial charge is 0.0897 e. The van der Waals surface area contributed by atoms with Gasteiger partial charge < -0.3 is 10.1 Å². The van der Waals surface area contributed by atoms with E-state index >= 15 is 0 Å². The SMILES string of the molecule is CCCNC(Cc1csc(C)n1)C1CCCOC1. The van der Waals surface area contributed by atoms with Gasteiger partial charge in [0, 0.05) is 24.4 Å². The normalized spacial score (nSPS) is 22.0. The topological polar surface area (TPSA) is 34.2 Å². The summed E-state index contributed by atoms with van der Waals surface area (Å²) in [6.45, 7) is 7.22. The van der Waals surface area contributed by atoms with Gasteiger partial charge in [-0.25, -0.2) is 4.98 Å². The van der Waals surface area contributed by atoms with Crippen LogP contribution in [0.5, 0.6) is 0 Å². The predicted octanol–water partition coefficient (Wildman–Crippen LogP) is 2.79. The Kier molecular flexibility index (Phi) is 5.60. The van der Waals surface area contributed by atoms with Crippen LogP contribution in [0.1, 0.15) is 36.9 Å². The van der Waals surface area contributed by atoms with Crippen molar-refractivity contribution < 1.29 is 4.74 Å². The molecule has 0 bridgehead atoms. The first-order valence-electron chi connectivity index (χ1n) is 7.01. The third-order valence-electron chi connectivity index (χ3n) is 3.52. The molecule has 2 unspecified atom stereocenters. The number of hydrogen-bond donors (Lipinski definition) is 1. The van der Waals surface area contributed by atoms with Gasteiger partial charge >= 0.3 is 0 Å². The number of rotatable bonds is 6. The van der Waals surface area contributed by atoms with E-state index in [1.165, 1.54) is 30.0 Å². The molecule has 2 heterocycles. The van der Waals surface area contributed by atoms with Gasteiger partial charge in [0.1, 0.15) is 0 Å². The quantitative estimate of drug-likeness (QED) is 0.861. The predicted molar refractivity (Wildman–Crippen MR) is 76.2 cm³/mol. The molecule has 1 saturated heterocycles. The molecule has 0 saturated carbocycles. The second kappa shape index (κ2) is 7.22. The van der Waals surface area contributed by atoms with Crippen LogP contribution in [0.2, 0.25) is 0 Å². The molecule has 0 aliphatic carbocycles. The van der Waals surface area contributed by atoms with Crippen LogP contribution in [0, 0.1) is 12.8 Å². The average molecular weight is 268 g/mol. The fourth-order valence-electron chi connectivity index (χ4n) is 2.55. The van der Waals surface area contributed by atoms with Crippen LogP contribution in [-0.2, 0) is 11.2 Å². The number of hydrogen-bond acceptors (Lipinski definition) is 4. The van der Waals surface area contributed by atoms with Crippen LogP contribution < -0.4 is 5.32 Å². The van der Waals surface area contributed by atoms with E-state index < -0.39 is 0 Å². The summed E-state index contributed by atoms with van der Waals surface area (Å²) in [7, 11) is 0. The summed E-state index contributed by atoms with van der Waals surface area (Å²) < 4.78 is 5.63. The number of nitrogens with one attached hydrogen (secondary N) is 1.